The predicted molar refractivity (Wildman–Crippen MR) is 80.1 cm³/mol. The van der Waals surface area contributed by atoms with E-state index in [-0.39, 0.29) is 24.4 Å². The van der Waals surface area contributed by atoms with Crippen molar-refractivity contribution >= 4 is 17.5 Å². The number of hydrogen-bond acceptors (Lipinski definition) is 4. The van der Waals surface area contributed by atoms with Crippen LogP contribution in [0.15, 0.2) is 30.6 Å². The maximum Gasteiger partial charge on any atom is 0.240 e. The number of aryl methyl sites for hydroxylation is 1. The van der Waals surface area contributed by atoms with E-state index < -0.39 is 0 Å². The Hall–Kier alpha value is -2.70. The molecule has 1 aromatic heterocycles. The zero-order chi connectivity index (χ0) is 15.7. The van der Waals surface area contributed by atoms with Crippen molar-refractivity contribution in [1.29, 1.82) is 0 Å². The number of rotatable bonds is 4. The average Bonchev–Trinajstić information content (AvgIpc) is 3.03. The third kappa shape index (κ3) is 2.57. The molecule has 3 rings (SSSR count). The number of carbonyl (C=O) groups is 2. The SMILES string of the molecule is CC(NC(=O)CN1C(=O)Cc2ccccc21)c1nncn1C. The number of aromatic nitrogens is 3. The molecule has 1 atom stereocenters. The number of benzene rings is 1. The minimum absolute atomic E-state index is 0.0119. The van der Waals surface area contributed by atoms with Crippen molar-refractivity contribution in [2.24, 2.45) is 7.05 Å². The number of hydrogen-bond donors (Lipinski definition) is 1. The molecule has 1 aliphatic heterocycles. The van der Waals surface area contributed by atoms with Crippen molar-refractivity contribution < 1.29 is 9.59 Å². The lowest BCUT2D eigenvalue weighted by Crippen LogP contribution is -2.40. The third-order valence-electron chi connectivity index (χ3n) is 3.74. The van der Waals surface area contributed by atoms with E-state index in [1.165, 1.54) is 4.90 Å². The predicted octanol–water partition coefficient (Wildman–Crippen LogP) is 0.582. The van der Waals surface area contributed by atoms with Crippen molar-refractivity contribution in [3.05, 3.63) is 42.0 Å². The van der Waals surface area contributed by atoms with Crippen molar-refractivity contribution in [2.45, 2.75) is 19.4 Å². The highest BCUT2D eigenvalue weighted by Gasteiger charge is 2.28. The Kier molecular flexibility index (Phi) is 3.62. The number of anilines is 1. The van der Waals surface area contributed by atoms with Crippen LogP contribution in [0.5, 0.6) is 0 Å². The molecule has 1 unspecified atom stereocenters. The summed E-state index contributed by atoms with van der Waals surface area (Å²) in [5, 5.41) is 10.6. The second-order valence-corrected chi connectivity index (χ2v) is 5.37. The molecule has 1 N–H and O–H groups in total. The Morgan fingerprint density at radius 1 is 1.41 bits per heavy atom. The Bertz CT molecular complexity index is 724. The number of nitrogens with one attached hydrogen (secondary N) is 1. The van der Waals surface area contributed by atoms with E-state index in [1.54, 1.807) is 10.9 Å². The van der Waals surface area contributed by atoms with Crippen LogP contribution in [0.1, 0.15) is 24.4 Å². The van der Waals surface area contributed by atoms with Gasteiger partial charge in [0, 0.05) is 12.7 Å². The van der Waals surface area contributed by atoms with Crippen LogP contribution >= 0.6 is 0 Å². The fourth-order valence-corrected chi connectivity index (χ4v) is 2.67. The zero-order valence-electron chi connectivity index (χ0n) is 12.5. The minimum atomic E-state index is -0.270. The van der Waals surface area contributed by atoms with Crippen LogP contribution in [-0.2, 0) is 23.1 Å². The maximum absolute atomic E-state index is 12.2. The fraction of sp³-hybridized carbons (Fsp3) is 0.333. The highest BCUT2D eigenvalue weighted by molar-refractivity contribution is 6.04. The summed E-state index contributed by atoms with van der Waals surface area (Å²) < 4.78 is 1.75. The van der Waals surface area contributed by atoms with Crippen molar-refractivity contribution in [3.63, 3.8) is 0 Å². The largest absolute Gasteiger partial charge is 0.345 e. The van der Waals surface area contributed by atoms with E-state index >= 15 is 0 Å². The highest BCUT2D eigenvalue weighted by atomic mass is 16.2. The van der Waals surface area contributed by atoms with Gasteiger partial charge < -0.3 is 14.8 Å². The fourth-order valence-electron chi connectivity index (χ4n) is 2.67. The lowest BCUT2D eigenvalue weighted by Gasteiger charge is -2.19. The molecule has 0 fully saturated rings. The van der Waals surface area contributed by atoms with Crippen molar-refractivity contribution in [3.8, 4) is 0 Å². The van der Waals surface area contributed by atoms with E-state index in [1.807, 2.05) is 38.2 Å². The molecule has 7 heteroatoms. The smallest absolute Gasteiger partial charge is 0.240 e. The van der Waals surface area contributed by atoms with E-state index in [2.05, 4.69) is 15.5 Å². The summed E-state index contributed by atoms with van der Waals surface area (Å²) in [6.07, 6.45) is 1.93. The molecule has 0 saturated heterocycles. The van der Waals surface area contributed by atoms with Crippen molar-refractivity contribution in [2.75, 3.05) is 11.4 Å². The number of fused-ring (bicyclic) bond motifs is 1. The number of nitrogens with zero attached hydrogens (tertiary/aromatic N) is 4. The minimum Gasteiger partial charge on any atom is -0.345 e. The molecule has 114 valence electrons. The lowest BCUT2D eigenvalue weighted by molar-refractivity contribution is -0.123. The molecular formula is C15H17N5O2. The van der Waals surface area contributed by atoms with Gasteiger partial charge in [-0.1, -0.05) is 18.2 Å². The first-order valence-electron chi connectivity index (χ1n) is 7.08. The molecule has 2 heterocycles. The van der Waals surface area contributed by atoms with Gasteiger partial charge in [0.2, 0.25) is 11.8 Å². The Morgan fingerprint density at radius 2 is 2.18 bits per heavy atom. The normalized spacial score (nSPS) is 14.8. The van der Waals surface area contributed by atoms with Gasteiger partial charge in [-0.25, -0.2) is 0 Å². The summed E-state index contributed by atoms with van der Waals surface area (Å²) in [4.78, 5) is 25.8. The molecule has 0 aliphatic carbocycles. The molecule has 1 aromatic carbocycles. The molecular weight excluding hydrogens is 282 g/mol. The average molecular weight is 299 g/mol. The van der Waals surface area contributed by atoms with Crippen LogP contribution in [0, 0.1) is 0 Å². The molecule has 2 amide bonds. The van der Waals surface area contributed by atoms with Gasteiger partial charge in [0.25, 0.3) is 0 Å². The van der Waals surface area contributed by atoms with Crippen LogP contribution in [0.25, 0.3) is 0 Å². The molecule has 0 spiro atoms. The lowest BCUT2D eigenvalue weighted by atomic mass is 10.2. The first-order chi connectivity index (χ1) is 10.6. The first kappa shape index (κ1) is 14.2. The molecule has 0 bridgehead atoms. The van der Waals surface area contributed by atoms with Crippen LogP contribution in [0.4, 0.5) is 5.69 Å². The monoisotopic (exact) mass is 299 g/mol. The standard InChI is InChI=1S/C15H17N5O2/c1-10(15-18-16-9-19(15)2)17-13(21)8-20-12-6-4-3-5-11(12)7-14(20)22/h3-6,9-10H,7-8H2,1-2H3,(H,17,21). The van der Waals surface area contributed by atoms with Gasteiger partial charge in [-0.15, -0.1) is 10.2 Å². The third-order valence-corrected chi connectivity index (χ3v) is 3.74. The van der Waals surface area contributed by atoms with Crippen LogP contribution in [0.3, 0.4) is 0 Å². The van der Waals surface area contributed by atoms with E-state index in [9.17, 15) is 9.59 Å². The maximum atomic E-state index is 12.2. The number of para-hydroxylation sites is 1. The second-order valence-electron chi connectivity index (χ2n) is 5.37. The van der Waals surface area contributed by atoms with Gasteiger partial charge in [0.15, 0.2) is 5.82 Å². The summed E-state index contributed by atoms with van der Waals surface area (Å²) in [5.41, 5.74) is 1.77. The molecule has 22 heavy (non-hydrogen) atoms. The van der Waals surface area contributed by atoms with Gasteiger partial charge in [-0.3, -0.25) is 9.59 Å². The van der Waals surface area contributed by atoms with Crippen molar-refractivity contribution in [1.82, 2.24) is 20.1 Å². The molecule has 0 saturated carbocycles. The Morgan fingerprint density at radius 3 is 2.91 bits per heavy atom. The molecule has 1 aliphatic rings. The van der Waals surface area contributed by atoms with Gasteiger partial charge in [-0.05, 0) is 18.6 Å². The van der Waals surface area contributed by atoms with Gasteiger partial charge >= 0.3 is 0 Å². The first-order valence-corrected chi connectivity index (χ1v) is 7.08. The molecule has 0 radical (unpaired) electrons. The van der Waals surface area contributed by atoms with Gasteiger partial charge in [0.05, 0.1) is 12.5 Å². The van der Waals surface area contributed by atoms with E-state index in [0.717, 1.165) is 11.3 Å². The topological polar surface area (TPSA) is 80.1 Å². The van der Waals surface area contributed by atoms with Gasteiger partial charge in [0.1, 0.15) is 12.9 Å². The number of amides is 2. The van der Waals surface area contributed by atoms with Crippen LogP contribution < -0.4 is 10.2 Å². The van der Waals surface area contributed by atoms with Crippen LogP contribution in [0.2, 0.25) is 0 Å². The quantitative estimate of drug-likeness (QED) is 0.895. The summed E-state index contributed by atoms with van der Waals surface area (Å²) in [6, 6.07) is 7.26. The zero-order valence-corrected chi connectivity index (χ0v) is 12.5. The Balaban J connectivity index is 1.68. The molecule has 2 aromatic rings. The van der Waals surface area contributed by atoms with E-state index in [0.29, 0.717) is 12.2 Å². The van der Waals surface area contributed by atoms with Gasteiger partial charge in [-0.2, -0.15) is 0 Å². The highest BCUT2D eigenvalue weighted by Crippen LogP contribution is 2.27. The second kappa shape index (κ2) is 5.59. The number of carbonyl (C=O) groups excluding carboxylic acids is 2. The van der Waals surface area contributed by atoms with E-state index in [4.69, 9.17) is 0 Å². The summed E-state index contributed by atoms with van der Waals surface area (Å²) >= 11 is 0. The van der Waals surface area contributed by atoms with Crippen LogP contribution in [-0.4, -0.2) is 33.1 Å². The summed E-state index contributed by atoms with van der Waals surface area (Å²) in [5.74, 6) is 0.393. The Labute approximate surface area is 127 Å². The summed E-state index contributed by atoms with van der Waals surface area (Å²) in [7, 11) is 1.82. The summed E-state index contributed by atoms with van der Waals surface area (Å²) in [6.45, 7) is 1.85. The molecule has 7 nitrogen and oxygen atoms in total.